The maximum atomic E-state index is 12.7. The molecule has 7 heteroatoms. The van der Waals surface area contributed by atoms with Crippen LogP contribution in [0.1, 0.15) is 26.2 Å². The average Bonchev–Trinajstić information content (AvgIpc) is 2.70. The molecule has 2 aromatic rings. The van der Waals surface area contributed by atoms with E-state index < -0.39 is 16.1 Å². The van der Waals surface area contributed by atoms with Crippen LogP contribution in [0.25, 0.3) is 0 Å². The van der Waals surface area contributed by atoms with Crippen molar-refractivity contribution >= 4 is 21.6 Å². The van der Waals surface area contributed by atoms with Gasteiger partial charge in [-0.2, -0.15) is 4.31 Å². The van der Waals surface area contributed by atoms with Crippen molar-refractivity contribution in [3.63, 3.8) is 0 Å². The largest absolute Gasteiger partial charge is 0.481 e. The number of amides is 1. The van der Waals surface area contributed by atoms with Gasteiger partial charge in [0.1, 0.15) is 5.75 Å². The van der Waals surface area contributed by atoms with E-state index in [2.05, 4.69) is 5.32 Å². The van der Waals surface area contributed by atoms with Crippen molar-refractivity contribution in [1.82, 2.24) is 4.31 Å². The smallest absolute Gasteiger partial charge is 0.265 e. The Labute approximate surface area is 160 Å². The van der Waals surface area contributed by atoms with Gasteiger partial charge in [-0.25, -0.2) is 8.42 Å². The summed E-state index contributed by atoms with van der Waals surface area (Å²) in [4.78, 5) is 12.5. The van der Waals surface area contributed by atoms with E-state index in [4.69, 9.17) is 4.74 Å². The highest BCUT2D eigenvalue weighted by Gasteiger charge is 2.25. The molecule has 6 nitrogen and oxygen atoms in total. The number of hydrogen-bond acceptors (Lipinski definition) is 4. The third kappa shape index (κ3) is 4.87. The Morgan fingerprint density at radius 3 is 2.26 bits per heavy atom. The van der Waals surface area contributed by atoms with Crippen LogP contribution in [0.4, 0.5) is 5.69 Å². The lowest BCUT2D eigenvalue weighted by Gasteiger charge is -2.25. The Kier molecular flexibility index (Phi) is 6.13. The molecule has 1 fully saturated rings. The molecule has 144 valence electrons. The van der Waals surface area contributed by atoms with Crippen LogP contribution >= 0.6 is 0 Å². The van der Waals surface area contributed by atoms with Crippen molar-refractivity contribution in [2.45, 2.75) is 37.2 Å². The molecule has 0 radical (unpaired) electrons. The van der Waals surface area contributed by atoms with E-state index in [-0.39, 0.29) is 10.8 Å². The summed E-state index contributed by atoms with van der Waals surface area (Å²) in [5.74, 6) is 0.314. The van der Waals surface area contributed by atoms with Gasteiger partial charge in [0, 0.05) is 18.8 Å². The summed E-state index contributed by atoms with van der Waals surface area (Å²) < 4.78 is 32.4. The highest BCUT2D eigenvalue weighted by atomic mass is 32.2. The van der Waals surface area contributed by atoms with E-state index in [1.807, 2.05) is 18.2 Å². The molecule has 1 atom stereocenters. The SMILES string of the molecule is C[C@H](Oc1ccccc1)C(=O)Nc1ccc(S(=O)(=O)N2CCCCC2)cc1. The zero-order valence-corrected chi connectivity index (χ0v) is 16.1. The van der Waals surface area contributed by atoms with Gasteiger partial charge >= 0.3 is 0 Å². The Hall–Kier alpha value is -2.38. The van der Waals surface area contributed by atoms with Gasteiger partial charge in [0.05, 0.1) is 4.90 Å². The Morgan fingerprint density at radius 2 is 1.63 bits per heavy atom. The van der Waals surface area contributed by atoms with Crippen LogP contribution in [0.5, 0.6) is 5.75 Å². The van der Waals surface area contributed by atoms with Crippen LogP contribution in [0, 0.1) is 0 Å². The van der Waals surface area contributed by atoms with Crippen LogP contribution < -0.4 is 10.1 Å². The monoisotopic (exact) mass is 388 g/mol. The number of hydrogen-bond donors (Lipinski definition) is 1. The second-order valence-corrected chi connectivity index (χ2v) is 8.49. The zero-order chi connectivity index (χ0) is 19.3. The van der Waals surface area contributed by atoms with E-state index in [1.165, 1.54) is 16.4 Å². The van der Waals surface area contributed by atoms with Crippen LogP contribution in [0.15, 0.2) is 59.5 Å². The van der Waals surface area contributed by atoms with E-state index in [1.54, 1.807) is 31.2 Å². The molecule has 0 bridgehead atoms. The van der Waals surface area contributed by atoms with Crippen molar-refractivity contribution in [2.75, 3.05) is 18.4 Å². The number of carbonyl (C=O) groups is 1. The number of anilines is 1. The van der Waals surface area contributed by atoms with Crippen molar-refractivity contribution in [2.24, 2.45) is 0 Å². The quantitative estimate of drug-likeness (QED) is 0.824. The number of piperidine rings is 1. The van der Waals surface area contributed by atoms with Gasteiger partial charge in [-0.1, -0.05) is 24.6 Å². The fourth-order valence-corrected chi connectivity index (χ4v) is 4.48. The first kappa shape index (κ1) is 19.4. The maximum absolute atomic E-state index is 12.7. The van der Waals surface area contributed by atoms with Crippen LogP contribution in [0.2, 0.25) is 0 Å². The summed E-state index contributed by atoms with van der Waals surface area (Å²) in [6.45, 7) is 2.79. The Bertz CT molecular complexity index is 861. The molecule has 27 heavy (non-hydrogen) atoms. The summed E-state index contributed by atoms with van der Waals surface area (Å²) in [6.07, 6.45) is 2.18. The third-order valence-electron chi connectivity index (χ3n) is 4.50. The van der Waals surface area contributed by atoms with Gasteiger partial charge in [0.2, 0.25) is 10.0 Å². The van der Waals surface area contributed by atoms with Crippen molar-refractivity contribution in [3.8, 4) is 5.75 Å². The summed E-state index contributed by atoms with van der Waals surface area (Å²) in [5.41, 5.74) is 0.529. The molecular formula is C20H24N2O4S. The molecular weight excluding hydrogens is 364 g/mol. The molecule has 1 N–H and O–H groups in total. The second-order valence-electron chi connectivity index (χ2n) is 6.55. The molecule has 0 unspecified atom stereocenters. The Balaban J connectivity index is 1.62. The summed E-state index contributed by atoms with van der Waals surface area (Å²) in [7, 11) is -3.47. The standard InChI is InChI=1S/C20H24N2O4S/c1-16(26-18-8-4-2-5-9-18)20(23)21-17-10-12-19(13-11-17)27(24,25)22-14-6-3-7-15-22/h2,4-5,8-13,16H,3,6-7,14-15H2,1H3,(H,21,23)/t16-/m0/s1. The molecule has 2 aromatic carbocycles. The lowest BCUT2D eigenvalue weighted by Crippen LogP contribution is -2.35. The van der Waals surface area contributed by atoms with E-state index in [0.717, 1.165) is 19.3 Å². The number of carbonyl (C=O) groups excluding carboxylic acids is 1. The van der Waals surface area contributed by atoms with Gasteiger partial charge in [-0.15, -0.1) is 0 Å². The predicted molar refractivity (Wildman–Crippen MR) is 104 cm³/mol. The van der Waals surface area contributed by atoms with Crippen molar-refractivity contribution < 1.29 is 17.9 Å². The van der Waals surface area contributed by atoms with E-state index in [9.17, 15) is 13.2 Å². The predicted octanol–water partition coefficient (Wildman–Crippen LogP) is 3.27. The molecule has 1 heterocycles. The topological polar surface area (TPSA) is 75.7 Å². The fourth-order valence-electron chi connectivity index (χ4n) is 2.97. The van der Waals surface area contributed by atoms with E-state index >= 15 is 0 Å². The van der Waals surface area contributed by atoms with Crippen molar-refractivity contribution in [1.29, 1.82) is 0 Å². The van der Waals surface area contributed by atoms with Gasteiger partial charge in [0.25, 0.3) is 5.91 Å². The molecule has 3 rings (SSSR count). The number of sulfonamides is 1. The first-order valence-electron chi connectivity index (χ1n) is 9.09. The zero-order valence-electron chi connectivity index (χ0n) is 15.3. The van der Waals surface area contributed by atoms with Crippen LogP contribution in [-0.4, -0.2) is 37.8 Å². The normalized spacial score (nSPS) is 16.5. The van der Waals surface area contributed by atoms with Gasteiger partial charge in [0.15, 0.2) is 6.10 Å². The minimum Gasteiger partial charge on any atom is -0.481 e. The summed E-state index contributed by atoms with van der Waals surface area (Å²) >= 11 is 0. The number of rotatable bonds is 6. The molecule has 0 aliphatic carbocycles. The molecule has 0 aromatic heterocycles. The first-order valence-corrected chi connectivity index (χ1v) is 10.5. The first-order chi connectivity index (χ1) is 13.0. The summed E-state index contributed by atoms with van der Waals surface area (Å²) in [6, 6.07) is 15.4. The summed E-state index contributed by atoms with van der Waals surface area (Å²) in [5, 5.41) is 2.75. The fraction of sp³-hybridized carbons (Fsp3) is 0.350. The Morgan fingerprint density at radius 1 is 1.00 bits per heavy atom. The number of para-hydroxylation sites is 1. The lowest BCUT2D eigenvalue weighted by molar-refractivity contribution is -0.122. The van der Waals surface area contributed by atoms with Gasteiger partial charge in [-0.05, 0) is 56.2 Å². The minimum absolute atomic E-state index is 0.246. The molecule has 1 saturated heterocycles. The van der Waals surface area contributed by atoms with Crippen LogP contribution in [-0.2, 0) is 14.8 Å². The third-order valence-corrected chi connectivity index (χ3v) is 6.41. The lowest BCUT2D eigenvalue weighted by atomic mass is 10.2. The molecule has 1 aliphatic rings. The van der Waals surface area contributed by atoms with Crippen molar-refractivity contribution in [3.05, 3.63) is 54.6 Å². The van der Waals surface area contributed by atoms with E-state index in [0.29, 0.717) is 24.5 Å². The highest BCUT2D eigenvalue weighted by molar-refractivity contribution is 7.89. The molecule has 1 amide bonds. The number of benzene rings is 2. The maximum Gasteiger partial charge on any atom is 0.265 e. The molecule has 0 saturated carbocycles. The number of ether oxygens (including phenoxy) is 1. The average molecular weight is 388 g/mol. The second kappa shape index (κ2) is 8.54. The van der Waals surface area contributed by atoms with Gasteiger partial charge in [-0.3, -0.25) is 4.79 Å². The molecule has 1 aliphatic heterocycles. The van der Waals surface area contributed by atoms with Crippen LogP contribution in [0.3, 0.4) is 0 Å². The number of nitrogens with zero attached hydrogens (tertiary/aromatic N) is 1. The minimum atomic E-state index is -3.47. The highest BCUT2D eigenvalue weighted by Crippen LogP contribution is 2.22. The van der Waals surface area contributed by atoms with Gasteiger partial charge < -0.3 is 10.1 Å². The number of nitrogens with one attached hydrogen (secondary N) is 1. The molecule has 0 spiro atoms.